The SMILES string of the molecule is COc1ccccc1N1CCN(CC(=O)N2CCNC(=O)C2)CC1. The fourth-order valence-corrected chi connectivity index (χ4v) is 3.18. The predicted molar refractivity (Wildman–Crippen MR) is 91.2 cm³/mol. The van der Waals surface area contributed by atoms with Crippen LogP contribution in [0.3, 0.4) is 0 Å². The lowest BCUT2D eigenvalue weighted by Gasteiger charge is -2.37. The predicted octanol–water partition coefficient (Wildman–Crippen LogP) is -0.224. The molecule has 2 saturated heterocycles. The van der Waals surface area contributed by atoms with Gasteiger partial charge in [0.1, 0.15) is 5.75 Å². The third kappa shape index (κ3) is 3.79. The Balaban J connectivity index is 1.52. The van der Waals surface area contributed by atoms with Crippen LogP contribution in [0.1, 0.15) is 0 Å². The van der Waals surface area contributed by atoms with Gasteiger partial charge in [0.2, 0.25) is 11.8 Å². The van der Waals surface area contributed by atoms with E-state index in [1.165, 1.54) is 0 Å². The third-order valence-electron chi connectivity index (χ3n) is 4.55. The molecule has 0 unspecified atom stereocenters. The summed E-state index contributed by atoms with van der Waals surface area (Å²) in [7, 11) is 1.68. The van der Waals surface area contributed by atoms with E-state index in [0.717, 1.165) is 37.6 Å². The van der Waals surface area contributed by atoms with E-state index in [1.807, 2.05) is 18.2 Å². The number of amides is 2. The molecule has 2 amide bonds. The molecule has 2 fully saturated rings. The van der Waals surface area contributed by atoms with Crippen molar-refractivity contribution in [1.82, 2.24) is 15.1 Å². The highest BCUT2D eigenvalue weighted by Gasteiger charge is 2.25. The Labute approximate surface area is 142 Å². The number of piperazine rings is 2. The molecule has 1 aromatic rings. The second-order valence-corrected chi connectivity index (χ2v) is 6.10. The number of benzene rings is 1. The van der Waals surface area contributed by atoms with E-state index in [-0.39, 0.29) is 18.4 Å². The zero-order valence-corrected chi connectivity index (χ0v) is 14.0. The molecule has 1 aromatic carbocycles. The smallest absolute Gasteiger partial charge is 0.239 e. The summed E-state index contributed by atoms with van der Waals surface area (Å²) in [6.07, 6.45) is 0. The van der Waals surface area contributed by atoms with E-state index in [4.69, 9.17) is 4.74 Å². The summed E-state index contributed by atoms with van der Waals surface area (Å²) >= 11 is 0. The van der Waals surface area contributed by atoms with Crippen molar-refractivity contribution in [1.29, 1.82) is 0 Å². The number of methoxy groups -OCH3 is 1. The molecule has 130 valence electrons. The highest BCUT2D eigenvalue weighted by molar-refractivity contribution is 5.86. The first-order valence-electron chi connectivity index (χ1n) is 8.32. The number of hydrogen-bond donors (Lipinski definition) is 1. The van der Waals surface area contributed by atoms with Gasteiger partial charge in [-0.3, -0.25) is 14.5 Å². The Morgan fingerprint density at radius 2 is 1.92 bits per heavy atom. The summed E-state index contributed by atoms with van der Waals surface area (Å²) in [6, 6.07) is 8.00. The van der Waals surface area contributed by atoms with E-state index in [1.54, 1.807) is 12.0 Å². The number of nitrogens with zero attached hydrogens (tertiary/aromatic N) is 3. The van der Waals surface area contributed by atoms with Crippen LogP contribution in [0.15, 0.2) is 24.3 Å². The van der Waals surface area contributed by atoms with Crippen molar-refractivity contribution in [3.63, 3.8) is 0 Å². The Bertz CT molecular complexity index is 599. The van der Waals surface area contributed by atoms with Gasteiger partial charge in [0.15, 0.2) is 0 Å². The monoisotopic (exact) mass is 332 g/mol. The molecule has 0 aliphatic carbocycles. The quantitative estimate of drug-likeness (QED) is 0.826. The van der Waals surface area contributed by atoms with Gasteiger partial charge in [-0.2, -0.15) is 0 Å². The van der Waals surface area contributed by atoms with Crippen molar-refractivity contribution in [3.8, 4) is 5.75 Å². The molecular weight excluding hydrogens is 308 g/mol. The van der Waals surface area contributed by atoms with Gasteiger partial charge in [0.05, 0.1) is 25.9 Å². The highest BCUT2D eigenvalue weighted by Crippen LogP contribution is 2.28. The van der Waals surface area contributed by atoms with E-state index in [2.05, 4.69) is 21.2 Å². The molecule has 0 atom stereocenters. The first-order valence-corrected chi connectivity index (χ1v) is 8.32. The van der Waals surface area contributed by atoms with Gasteiger partial charge in [-0.05, 0) is 12.1 Å². The van der Waals surface area contributed by atoms with Crippen LogP contribution in [-0.4, -0.2) is 81.1 Å². The van der Waals surface area contributed by atoms with Gasteiger partial charge < -0.3 is 19.9 Å². The number of ether oxygens (including phenoxy) is 1. The maximum atomic E-state index is 12.3. The molecule has 0 radical (unpaired) electrons. The summed E-state index contributed by atoms with van der Waals surface area (Å²) < 4.78 is 5.43. The zero-order valence-electron chi connectivity index (χ0n) is 14.0. The van der Waals surface area contributed by atoms with Crippen LogP contribution < -0.4 is 15.0 Å². The van der Waals surface area contributed by atoms with Crippen molar-refractivity contribution in [3.05, 3.63) is 24.3 Å². The van der Waals surface area contributed by atoms with Gasteiger partial charge in [-0.15, -0.1) is 0 Å². The van der Waals surface area contributed by atoms with E-state index in [9.17, 15) is 9.59 Å². The van der Waals surface area contributed by atoms with Crippen LogP contribution >= 0.6 is 0 Å². The lowest BCUT2D eigenvalue weighted by molar-refractivity contribution is -0.139. The molecule has 1 N–H and O–H groups in total. The minimum Gasteiger partial charge on any atom is -0.495 e. The van der Waals surface area contributed by atoms with Crippen LogP contribution in [0.4, 0.5) is 5.69 Å². The topological polar surface area (TPSA) is 65.1 Å². The molecule has 2 heterocycles. The fraction of sp³-hybridized carbons (Fsp3) is 0.529. The minimum atomic E-state index is -0.0735. The molecule has 3 rings (SSSR count). The van der Waals surface area contributed by atoms with E-state index in [0.29, 0.717) is 19.6 Å². The van der Waals surface area contributed by atoms with Crippen molar-refractivity contribution >= 4 is 17.5 Å². The van der Waals surface area contributed by atoms with E-state index >= 15 is 0 Å². The van der Waals surface area contributed by atoms with Gasteiger partial charge >= 0.3 is 0 Å². The molecule has 0 spiro atoms. The van der Waals surface area contributed by atoms with Crippen LogP contribution in [0.25, 0.3) is 0 Å². The van der Waals surface area contributed by atoms with Crippen molar-refractivity contribution < 1.29 is 14.3 Å². The average molecular weight is 332 g/mol. The molecular formula is C17H24N4O3. The lowest BCUT2D eigenvalue weighted by Crippen LogP contribution is -2.54. The molecule has 7 nitrogen and oxygen atoms in total. The highest BCUT2D eigenvalue weighted by atomic mass is 16.5. The second-order valence-electron chi connectivity index (χ2n) is 6.10. The van der Waals surface area contributed by atoms with Crippen molar-refractivity contribution in [2.75, 3.05) is 64.4 Å². The first kappa shape index (κ1) is 16.6. The summed E-state index contributed by atoms with van der Waals surface area (Å²) in [4.78, 5) is 29.8. The fourth-order valence-electron chi connectivity index (χ4n) is 3.18. The van der Waals surface area contributed by atoms with Crippen molar-refractivity contribution in [2.24, 2.45) is 0 Å². The van der Waals surface area contributed by atoms with Gasteiger partial charge in [-0.25, -0.2) is 0 Å². The van der Waals surface area contributed by atoms with Gasteiger partial charge in [0, 0.05) is 39.3 Å². The lowest BCUT2D eigenvalue weighted by atomic mass is 10.2. The standard InChI is InChI=1S/C17H24N4O3/c1-24-15-5-3-2-4-14(15)20-10-8-19(9-11-20)13-17(23)21-7-6-18-16(22)12-21/h2-5H,6-13H2,1H3,(H,18,22). The van der Waals surface area contributed by atoms with Gasteiger partial charge in [-0.1, -0.05) is 12.1 Å². The summed E-state index contributed by atoms with van der Waals surface area (Å²) in [5, 5.41) is 2.74. The number of carbonyl (C=O) groups excluding carboxylic acids is 2. The first-order chi connectivity index (χ1) is 11.7. The van der Waals surface area contributed by atoms with Gasteiger partial charge in [0.25, 0.3) is 0 Å². The maximum absolute atomic E-state index is 12.3. The molecule has 0 bridgehead atoms. The number of para-hydroxylation sites is 2. The van der Waals surface area contributed by atoms with Crippen LogP contribution in [0, 0.1) is 0 Å². The summed E-state index contributed by atoms with van der Waals surface area (Å²) in [5.41, 5.74) is 1.10. The number of carbonyl (C=O) groups is 2. The average Bonchev–Trinajstić information content (AvgIpc) is 2.62. The zero-order chi connectivity index (χ0) is 16.9. The number of anilines is 1. The molecule has 2 aliphatic rings. The molecule has 2 aliphatic heterocycles. The second kappa shape index (κ2) is 7.53. The molecule has 0 aromatic heterocycles. The summed E-state index contributed by atoms with van der Waals surface area (Å²) in [5.74, 6) is 0.840. The normalized spacial score (nSPS) is 19.1. The largest absolute Gasteiger partial charge is 0.495 e. The number of hydrogen-bond acceptors (Lipinski definition) is 5. The van der Waals surface area contributed by atoms with Crippen LogP contribution in [0.5, 0.6) is 5.75 Å². The van der Waals surface area contributed by atoms with Crippen LogP contribution in [0.2, 0.25) is 0 Å². The minimum absolute atomic E-state index is 0.0376. The Kier molecular flexibility index (Phi) is 5.20. The molecule has 0 saturated carbocycles. The molecule has 24 heavy (non-hydrogen) atoms. The summed E-state index contributed by atoms with van der Waals surface area (Å²) in [6.45, 7) is 5.07. The van der Waals surface area contributed by atoms with E-state index < -0.39 is 0 Å². The Morgan fingerprint density at radius 1 is 1.17 bits per heavy atom. The van der Waals surface area contributed by atoms with Crippen LogP contribution in [-0.2, 0) is 9.59 Å². The molecule has 7 heteroatoms. The van der Waals surface area contributed by atoms with Crippen molar-refractivity contribution in [2.45, 2.75) is 0 Å². The number of nitrogens with one attached hydrogen (secondary N) is 1. The maximum Gasteiger partial charge on any atom is 0.239 e. The Morgan fingerprint density at radius 3 is 2.62 bits per heavy atom. The Hall–Kier alpha value is -2.28. The third-order valence-corrected chi connectivity index (χ3v) is 4.55. The number of rotatable bonds is 4.